The minimum atomic E-state index is -0.00943. The molecule has 1 heterocycles. The largest absolute Gasteiger partial charge is 0.396 e. The van der Waals surface area contributed by atoms with Gasteiger partial charge in [0.15, 0.2) is 0 Å². The van der Waals surface area contributed by atoms with Crippen molar-refractivity contribution >= 4 is 5.91 Å². The molecule has 1 aromatic carbocycles. The molecule has 126 valence electrons. The van der Waals surface area contributed by atoms with Gasteiger partial charge in [0, 0.05) is 25.3 Å². The standard InChI is InChI=1S/C19H28N2O2/c1-2-3-4-11-20-19(23)18-7-5-16(6-8-18)14-21-12-9-17(15-22)10-13-21/h2-3,5-8,17,22H,4,9-15H2,1H3,(H,20,23)/b3-2+. The molecule has 4 heteroatoms. The summed E-state index contributed by atoms with van der Waals surface area (Å²) in [4.78, 5) is 14.4. The molecule has 2 N–H and O–H groups in total. The van der Waals surface area contributed by atoms with Crippen LogP contribution >= 0.6 is 0 Å². The van der Waals surface area contributed by atoms with Gasteiger partial charge in [-0.2, -0.15) is 0 Å². The van der Waals surface area contributed by atoms with Crippen LogP contribution in [0.3, 0.4) is 0 Å². The van der Waals surface area contributed by atoms with Crippen LogP contribution in [0.15, 0.2) is 36.4 Å². The van der Waals surface area contributed by atoms with Crippen molar-refractivity contribution < 1.29 is 9.90 Å². The zero-order valence-electron chi connectivity index (χ0n) is 14.0. The topological polar surface area (TPSA) is 52.6 Å². The zero-order valence-corrected chi connectivity index (χ0v) is 14.0. The van der Waals surface area contributed by atoms with Gasteiger partial charge in [-0.3, -0.25) is 9.69 Å². The first kappa shape index (κ1) is 17.7. The number of aliphatic hydroxyl groups excluding tert-OH is 1. The first-order valence-electron chi connectivity index (χ1n) is 8.54. The number of aliphatic hydroxyl groups is 1. The van der Waals surface area contributed by atoms with Gasteiger partial charge in [-0.15, -0.1) is 0 Å². The van der Waals surface area contributed by atoms with E-state index in [1.165, 1.54) is 5.56 Å². The summed E-state index contributed by atoms with van der Waals surface area (Å²) in [6.45, 7) is 5.96. The minimum absolute atomic E-state index is 0.00943. The van der Waals surface area contributed by atoms with Gasteiger partial charge >= 0.3 is 0 Å². The second-order valence-electron chi connectivity index (χ2n) is 6.21. The lowest BCUT2D eigenvalue weighted by Crippen LogP contribution is -2.34. The smallest absolute Gasteiger partial charge is 0.251 e. The van der Waals surface area contributed by atoms with Crippen LogP contribution in [-0.2, 0) is 6.54 Å². The lowest BCUT2D eigenvalue weighted by Gasteiger charge is -2.31. The molecule has 0 unspecified atom stereocenters. The number of piperidine rings is 1. The van der Waals surface area contributed by atoms with Crippen molar-refractivity contribution in [1.29, 1.82) is 0 Å². The number of amides is 1. The highest BCUT2D eigenvalue weighted by atomic mass is 16.3. The number of nitrogens with one attached hydrogen (secondary N) is 1. The van der Waals surface area contributed by atoms with E-state index < -0.39 is 0 Å². The van der Waals surface area contributed by atoms with Gasteiger partial charge in [0.2, 0.25) is 0 Å². The highest BCUT2D eigenvalue weighted by Crippen LogP contribution is 2.18. The SMILES string of the molecule is C/C=C/CCNC(=O)c1ccc(CN2CCC(CO)CC2)cc1. The summed E-state index contributed by atoms with van der Waals surface area (Å²) >= 11 is 0. The minimum Gasteiger partial charge on any atom is -0.396 e. The van der Waals surface area contributed by atoms with E-state index in [-0.39, 0.29) is 5.91 Å². The molecule has 0 radical (unpaired) electrons. The maximum atomic E-state index is 12.0. The van der Waals surface area contributed by atoms with Crippen molar-refractivity contribution in [3.8, 4) is 0 Å². The van der Waals surface area contributed by atoms with Crippen LogP contribution in [0.4, 0.5) is 0 Å². The van der Waals surface area contributed by atoms with E-state index in [1.807, 2.05) is 43.3 Å². The predicted octanol–water partition coefficient (Wildman–Crippen LogP) is 2.59. The van der Waals surface area contributed by atoms with Crippen molar-refractivity contribution in [3.05, 3.63) is 47.5 Å². The molecule has 0 atom stereocenters. The third-order valence-corrected chi connectivity index (χ3v) is 4.42. The predicted molar refractivity (Wildman–Crippen MR) is 93.3 cm³/mol. The maximum Gasteiger partial charge on any atom is 0.251 e. The summed E-state index contributed by atoms with van der Waals surface area (Å²) in [7, 11) is 0. The maximum absolute atomic E-state index is 12.0. The number of carbonyl (C=O) groups excluding carboxylic acids is 1. The van der Waals surface area contributed by atoms with E-state index in [2.05, 4.69) is 10.2 Å². The van der Waals surface area contributed by atoms with Crippen LogP contribution in [0.25, 0.3) is 0 Å². The molecule has 2 rings (SSSR count). The van der Waals surface area contributed by atoms with Crippen LogP contribution in [0.2, 0.25) is 0 Å². The second-order valence-corrected chi connectivity index (χ2v) is 6.21. The number of benzene rings is 1. The van der Waals surface area contributed by atoms with Crippen LogP contribution in [-0.4, -0.2) is 42.2 Å². The molecule has 23 heavy (non-hydrogen) atoms. The fourth-order valence-electron chi connectivity index (χ4n) is 2.88. The van der Waals surface area contributed by atoms with Crippen LogP contribution in [0, 0.1) is 5.92 Å². The summed E-state index contributed by atoms with van der Waals surface area (Å²) in [5.41, 5.74) is 1.95. The van der Waals surface area contributed by atoms with Crippen LogP contribution < -0.4 is 5.32 Å². The Morgan fingerprint density at radius 3 is 2.61 bits per heavy atom. The Labute approximate surface area is 139 Å². The number of hydrogen-bond acceptors (Lipinski definition) is 3. The highest BCUT2D eigenvalue weighted by Gasteiger charge is 2.18. The summed E-state index contributed by atoms with van der Waals surface area (Å²) in [6.07, 6.45) is 7.05. The Bertz CT molecular complexity index is 503. The number of carbonyl (C=O) groups is 1. The Balaban J connectivity index is 1.79. The van der Waals surface area contributed by atoms with E-state index in [4.69, 9.17) is 0 Å². The van der Waals surface area contributed by atoms with Crippen molar-refractivity contribution in [2.45, 2.75) is 32.7 Å². The molecule has 1 aromatic rings. The fraction of sp³-hybridized carbons (Fsp3) is 0.526. The molecule has 1 aliphatic heterocycles. The molecule has 0 bridgehead atoms. The Kier molecular flexibility index (Phi) is 7.30. The molecular formula is C19H28N2O2. The van der Waals surface area contributed by atoms with Gasteiger partial charge in [0.25, 0.3) is 5.91 Å². The van der Waals surface area contributed by atoms with E-state index in [0.717, 1.165) is 38.9 Å². The average molecular weight is 316 g/mol. The zero-order chi connectivity index (χ0) is 16.5. The van der Waals surface area contributed by atoms with Gasteiger partial charge < -0.3 is 10.4 Å². The molecule has 1 saturated heterocycles. The number of rotatable bonds is 7. The first-order chi connectivity index (χ1) is 11.2. The molecule has 4 nitrogen and oxygen atoms in total. The third kappa shape index (κ3) is 5.81. The lowest BCUT2D eigenvalue weighted by atomic mass is 9.97. The first-order valence-corrected chi connectivity index (χ1v) is 8.54. The van der Waals surface area contributed by atoms with Gasteiger partial charge in [0.05, 0.1) is 0 Å². The number of allylic oxidation sites excluding steroid dienone is 1. The highest BCUT2D eigenvalue weighted by molar-refractivity contribution is 5.94. The number of likely N-dealkylation sites (tertiary alicyclic amines) is 1. The molecule has 1 fully saturated rings. The van der Waals surface area contributed by atoms with E-state index in [1.54, 1.807) is 0 Å². The fourth-order valence-corrected chi connectivity index (χ4v) is 2.88. The van der Waals surface area contributed by atoms with Crippen molar-refractivity contribution in [2.24, 2.45) is 5.92 Å². The lowest BCUT2D eigenvalue weighted by molar-refractivity contribution is 0.0954. The molecule has 0 aliphatic carbocycles. The van der Waals surface area contributed by atoms with Crippen molar-refractivity contribution in [1.82, 2.24) is 10.2 Å². The summed E-state index contributed by atoms with van der Waals surface area (Å²) < 4.78 is 0. The van der Waals surface area contributed by atoms with Gasteiger partial charge in [0.1, 0.15) is 0 Å². The van der Waals surface area contributed by atoms with E-state index in [9.17, 15) is 9.90 Å². The van der Waals surface area contributed by atoms with Crippen LogP contribution in [0.1, 0.15) is 42.1 Å². The van der Waals surface area contributed by atoms with E-state index in [0.29, 0.717) is 24.6 Å². The van der Waals surface area contributed by atoms with Gasteiger partial charge in [-0.1, -0.05) is 24.3 Å². The normalized spacial score (nSPS) is 16.8. The molecular weight excluding hydrogens is 288 g/mol. The second kappa shape index (κ2) is 9.48. The van der Waals surface area contributed by atoms with E-state index >= 15 is 0 Å². The quantitative estimate of drug-likeness (QED) is 0.600. The number of nitrogens with zero attached hydrogens (tertiary/aromatic N) is 1. The molecule has 1 aliphatic rings. The Hall–Kier alpha value is -1.65. The average Bonchev–Trinajstić information content (AvgIpc) is 2.60. The van der Waals surface area contributed by atoms with Gasteiger partial charge in [-0.25, -0.2) is 0 Å². The van der Waals surface area contributed by atoms with Crippen molar-refractivity contribution in [2.75, 3.05) is 26.2 Å². The molecule has 1 amide bonds. The molecule has 0 saturated carbocycles. The summed E-state index contributed by atoms with van der Waals surface area (Å²) in [6, 6.07) is 7.89. The Morgan fingerprint density at radius 2 is 2.00 bits per heavy atom. The monoisotopic (exact) mass is 316 g/mol. The van der Waals surface area contributed by atoms with Crippen LogP contribution in [0.5, 0.6) is 0 Å². The third-order valence-electron chi connectivity index (χ3n) is 4.42. The summed E-state index contributed by atoms with van der Waals surface area (Å²) in [5, 5.41) is 12.1. The summed E-state index contributed by atoms with van der Waals surface area (Å²) in [5.74, 6) is 0.463. The Morgan fingerprint density at radius 1 is 1.30 bits per heavy atom. The van der Waals surface area contributed by atoms with Gasteiger partial charge in [-0.05, 0) is 62.9 Å². The number of hydrogen-bond donors (Lipinski definition) is 2. The van der Waals surface area contributed by atoms with Crippen molar-refractivity contribution in [3.63, 3.8) is 0 Å². The molecule has 0 aromatic heterocycles. The molecule has 0 spiro atoms.